The second-order valence-electron chi connectivity index (χ2n) is 6.88. The van der Waals surface area contributed by atoms with Gasteiger partial charge in [0.2, 0.25) is 0 Å². The second-order valence-corrected chi connectivity index (χ2v) is 6.88. The molecule has 1 aliphatic rings. The van der Waals surface area contributed by atoms with E-state index in [1.165, 1.54) is 6.07 Å². The summed E-state index contributed by atoms with van der Waals surface area (Å²) in [5, 5.41) is 2.70. The Bertz CT molecular complexity index is 854. The molecule has 0 radical (unpaired) electrons. The van der Waals surface area contributed by atoms with Crippen LogP contribution in [0.15, 0.2) is 35.4 Å². The molecule has 0 aromatic carbocycles. The Morgan fingerprint density at radius 1 is 1.25 bits per heavy atom. The van der Waals surface area contributed by atoms with Gasteiger partial charge < -0.3 is 10.3 Å². The van der Waals surface area contributed by atoms with E-state index in [1.54, 1.807) is 24.5 Å². The van der Waals surface area contributed by atoms with Crippen molar-refractivity contribution in [1.82, 2.24) is 15.3 Å². The highest BCUT2D eigenvalue weighted by atomic mass is 16.2. The Morgan fingerprint density at radius 2 is 1.96 bits per heavy atom. The zero-order valence-corrected chi connectivity index (χ0v) is 13.7. The molecule has 2 heterocycles. The first-order valence-electron chi connectivity index (χ1n) is 7.82. The molecule has 0 aliphatic heterocycles. The molecule has 124 valence electrons. The van der Waals surface area contributed by atoms with E-state index < -0.39 is 11.5 Å². The van der Waals surface area contributed by atoms with Gasteiger partial charge in [0.25, 0.3) is 11.5 Å². The summed E-state index contributed by atoms with van der Waals surface area (Å²) < 4.78 is 0. The monoisotopic (exact) mass is 325 g/mol. The van der Waals surface area contributed by atoms with E-state index in [4.69, 9.17) is 0 Å². The summed E-state index contributed by atoms with van der Waals surface area (Å²) in [7, 11) is 0. The molecular weight excluding hydrogens is 306 g/mol. The van der Waals surface area contributed by atoms with Crippen LogP contribution < -0.4 is 10.9 Å². The number of Topliss-reactive ketones (excluding diaryl/α,β-unsaturated/α-hetero) is 1. The Hall–Kier alpha value is -2.76. The van der Waals surface area contributed by atoms with Crippen molar-refractivity contribution in [3.05, 3.63) is 63.3 Å². The number of amides is 1. The summed E-state index contributed by atoms with van der Waals surface area (Å²) in [4.78, 5) is 43.5. The predicted octanol–water partition coefficient (Wildman–Crippen LogP) is 1.85. The highest BCUT2D eigenvalue weighted by Crippen LogP contribution is 2.33. The molecule has 0 fully saturated rings. The molecule has 0 spiro atoms. The molecule has 1 aliphatic carbocycles. The second kappa shape index (κ2) is 6.03. The van der Waals surface area contributed by atoms with Crippen LogP contribution in [0.1, 0.15) is 52.2 Å². The van der Waals surface area contributed by atoms with Gasteiger partial charge in [-0.2, -0.15) is 0 Å². The highest BCUT2D eigenvalue weighted by molar-refractivity contribution is 6.02. The van der Waals surface area contributed by atoms with Crippen LogP contribution in [-0.4, -0.2) is 21.7 Å². The maximum Gasteiger partial charge on any atom is 0.261 e. The average Bonchev–Trinajstić information content (AvgIpc) is 2.52. The number of ketones is 1. The van der Waals surface area contributed by atoms with E-state index in [2.05, 4.69) is 15.3 Å². The normalized spacial score (nSPS) is 15.7. The molecule has 2 aromatic heterocycles. The van der Waals surface area contributed by atoms with Crippen LogP contribution in [0.3, 0.4) is 0 Å². The maximum atomic E-state index is 12.3. The zero-order chi connectivity index (χ0) is 17.3. The highest BCUT2D eigenvalue weighted by Gasteiger charge is 2.32. The fraction of sp³-hybridized carbons (Fsp3) is 0.333. The molecule has 24 heavy (non-hydrogen) atoms. The van der Waals surface area contributed by atoms with Crippen LogP contribution in [0.5, 0.6) is 0 Å². The zero-order valence-electron chi connectivity index (χ0n) is 13.7. The third kappa shape index (κ3) is 3.27. The van der Waals surface area contributed by atoms with Gasteiger partial charge in [-0.25, -0.2) is 0 Å². The summed E-state index contributed by atoms with van der Waals surface area (Å²) >= 11 is 0. The van der Waals surface area contributed by atoms with Crippen LogP contribution in [0, 0.1) is 5.41 Å². The Kier molecular flexibility index (Phi) is 4.05. The van der Waals surface area contributed by atoms with Gasteiger partial charge in [0.1, 0.15) is 5.56 Å². The molecular formula is C18H19N3O3. The lowest BCUT2D eigenvalue weighted by molar-refractivity contribution is 0.0910. The SMILES string of the molecule is CC1(C)CC(=O)c2cc(C(=O)NCc3ccncc3)c(=O)[nH]c2C1. The number of carbonyl (C=O) groups excluding carboxylic acids is 2. The van der Waals surface area contributed by atoms with Crippen molar-refractivity contribution in [2.75, 3.05) is 0 Å². The van der Waals surface area contributed by atoms with Crippen molar-refractivity contribution in [3.63, 3.8) is 0 Å². The van der Waals surface area contributed by atoms with Gasteiger partial charge in [-0.05, 0) is 35.6 Å². The van der Waals surface area contributed by atoms with Crippen molar-refractivity contribution >= 4 is 11.7 Å². The van der Waals surface area contributed by atoms with Crippen LogP contribution >= 0.6 is 0 Å². The minimum Gasteiger partial charge on any atom is -0.348 e. The minimum atomic E-state index is -0.492. The number of rotatable bonds is 3. The number of nitrogens with zero attached hydrogens (tertiary/aromatic N) is 1. The molecule has 0 bridgehead atoms. The first-order valence-corrected chi connectivity index (χ1v) is 7.82. The Balaban J connectivity index is 1.84. The molecule has 6 nitrogen and oxygen atoms in total. The van der Waals surface area contributed by atoms with E-state index >= 15 is 0 Å². The molecule has 2 aromatic rings. The number of hydrogen-bond acceptors (Lipinski definition) is 4. The van der Waals surface area contributed by atoms with Crippen LogP contribution in [0.25, 0.3) is 0 Å². The van der Waals surface area contributed by atoms with E-state index in [0.717, 1.165) is 5.56 Å². The lowest BCUT2D eigenvalue weighted by Gasteiger charge is -2.29. The molecule has 6 heteroatoms. The van der Waals surface area contributed by atoms with Crippen molar-refractivity contribution in [1.29, 1.82) is 0 Å². The summed E-state index contributed by atoms with van der Waals surface area (Å²) in [6.07, 6.45) is 4.29. The van der Waals surface area contributed by atoms with E-state index in [1.807, 2.05) is 13.8 Å². The van der Waals surface area contributed by atoms with E-state index in [9.17, 15) is 14.4 Å². The smallest absolute Gasteiger partial charge is 0.261 e. The lowest BCUT2D eigenvalue weighted by Crippen LogP contribution is -2.34. The number of aromatic nitrogens is 2. The van der Waals surface area contributed by atoms with Crippen molar-refractivity contribution < 1.29 is 9.59 Å². The number of H-pyrrole nitrogens is 1. The molecule has 1 amide bonds. The van der Waals surface area contributed by atoms with Gasteiger partial charge in [-0.15, -0.1) is 0 Å². The maximum absolute atomic E-state index is 12.3. The quantitative estimate of drug-likeness (QED) is 0.901. The van der Waals surface area contributed by atoms with Gasteiger partial charge in [0, 0.05) is 36.6 Å². The number of hydrogen-bond donors (Lipinski definition) is 2. The molecule has 2 N–H and O–H groups in total. The predicted molar refractivity (Wildman–Crippen MR) is 88.9 cm³/mol. The largest absolute Gasteiger partial charge is 0.348 e. The number of aromatic amines is 1. The minimum absolute atomic E-state index is 0.0316. The number of nitrogens with one attached hydrogen (secondary N) is 2. The summed E-state index contributed by atoms with van der Waals surface area (Å²) in [5.41, 5.74) is 1.26. The van der Waals surface area contributed by atoms with Crippen molar-refractivity contribution in [2.24, 2.45) is 5.41 Å². The van der Waals surface area contributed by atoms with Gasteiger partial charge >= 0.3 is 0 Å². The van der Waals surface area contributed by atoms with Gasteiger partial charge in [0.05, 0.1) is 0 Å². The van der Waals surface area contributed by atoms with Crippen molar-refractivity contribution in [3.8, 4) is 0 Å². The Morgan fingerprint density at radius 3 is 2.67 bits per heavy atom. The van der Waals surface area contributed by atoms with E-state index in [0.29, 0.717) is 30.6 Å². The van der Waals surface area contributed by atoms with Crippen LogP contribution in [-0.2, 0) is 13.0 Å². The lowest BCUT2D eigenvalue weighted by atomic mass is 9.75. The van der Waals surface area contributed by atoms with Crippen LogP contribution in [0.4, 0.5) is 0 Å². The molecule has 3 rings (SSSR count). The molecule has 0 atom stereocenters. The van der Waals surface area contributed by atoms with Gasteiger partial charge in [0.15, 0.2) is 5.78 Å². The topological polar surface area (TPSA) is 91.9 Å². The molecule has 0 saturated carbocycles. The fourth-order valence-electron chi connectivity index (χ4n) is 2.97. The third-order valence-corrected chi connectivity index (χ3v) is 4.16. The first kappa shape index (κ1) is 16.1. The fourth-order valence-corrected chi connectivity index (χ4v) is 2.97. The standard InChI is InChI=1S/C18H19N3O3/c1-18(2)8-14-12(15(22)9-18)7-13(17(24)21-14)16(23)20-10-11-3-5-19-6-4-11/h3-7H,8-10H2,1-2H3,(H,20,23)(H,21,24). The summed E-state index contributed by atoms with van der Waals surface area (Å²) in [6, 6.07) is 4.99. The first-order chi connectivity index (χ1) is 11.4. The van der Waals surface area contributed by atoms with Gasteiger partial charge in [-0.1, -0.05) is 13.8 Å². The third-order valence-electron chi connectivity index (χ3n) is 4.16. The number of pyridine rings is 2. The summed E-state index contributed by atoms with van der Waals surface area (Å²) in [6.45, 7) is 4.27. The van der Waals surface area contributed by atoms with Crippen LogP contribution in [0.2, 0.25) is 0 Å². The van der Waals surface area contributed by atoms with Gasteiger partial charge in [-0.3, -0.25) is 19.4 Å². The number of fused-ring (bicyclic) bond motifs is 1. The Labute approximate surface area is 139 Å². The summed E-state index contributed by atoms with van der Waals surface area (Å²) in [5.74, 6) is -0.533. The van der Waals surface area contributed by atoms with E-state index in [-0.39, 0.29) is 16.8 Å². The average molecular weight is 325 g/mol. The molecule has 0 unspecified atom stereocenters. The van der Waals surface area contributed by atoms with Crippen molar-refractivity contribution in [2.45, 2.75) is 33.2 Å². The number of carbonyl (C=O) groups is 2. The molecule has 0 saturated heterocycles.